The summed E-state index contributed by atoms with van der Waals surface area (Å²) in [6.45, 7) is 1.71. The van der Waals surface area contributed by atoms with Gasteiger partial charge in [-0.05, 0) is 77.6 Å². The van der Waals surface area contributed by atoms with Crippen LogP contribution in [0.5, 0.6) is 5.75 Å². The van der Waals surface area contributed by atoms with Gasteiger partial charge in [-0.15, -0.1) is 0 Å². The van der Waals surface area contributed by atoms with Crippen molar-refractivity contribution in [1.82, 2.24) is 0 Å². The third kappa shape index (κ3) is 4.30. The highest BCUT2D eigenvalue weighted by Crippen LogP contribution is 2.40. The van der Waals surface area contributed by atoms with Gasteiger partial charge in [-0.3, -0.25) is 0 Å². The smallest absolute Gasteiger partial charge is 0.118 e. The van der Waals surface area contributed by atoms with Crippen molar-refractivity contribution in [2.45, 2.75) is 76.0 Å². The normalized spacial score (nSPS) is 27.4. The lowest BCUT2D eigenvalue weighted by atomic mass is 9.82. The molecule has 2 aromatic carbocycles. The number of hydrogen-bond donors (Lipinski definition) is 4. The summed E-state index contributed by atoms with van der Waals surface area (Å²) in [5.74, 6) is 0.819. The maximum absolute atomic E-state index is 10.8. The summed E-state index contributed by atoms with van der Waals surface area (Å²) >= 11 is 0. The van der Waals surface area contributed by atoms with Gasteiger partial charge in [0, 0.05) is 0 Å². The zero-order valence-electron chi connectivity index (χ0n) is 18.8. The highest BCUT2D eigenvalue weighted by atomic mass is 16.5. The maximum atomic E-state index is 10.8. The van der Waals surface area contributed by atoms with E-state index in [4.69, 9.17) is 9.47 Å². The fourth-order valence-electron chi connectivity index (χ4n) is 5.25. The molecule has 0 spiro atoms. The number of benzene rings is 2. The van der Waals surface area contributed by atoms with E-state index in [0.717, 1.165) is 49.8 Å². The Morgan fingerprint density at radius 3 is 2.38 bits per heavy atom. The molecule has 4 N–H and O–H groups in total. The van der Waals surface area contributed by atoms with Gasteiger partial charge in [0.25, 0.3) is 0 Å². The van der Waals surface area contributed by atoms with E-state index in [1.807, 2.05) is 12.1 Å². The topological polar surface area (TPSA) is 99.4 Å². The number of rotatable bonds is 7. The molecular formula is C26H34O6. The van der Waals surface area contributed by atoms with E-state index >= 15 is 0 Å². The summed E-state index contributed by atoms with van der Waals surface area (Å²) in [5.41, 5.74) is 7.15. The predicted octanol–water partition coefficient (Wildman–Crippen LogP) is 2.24. The third-order valence-corrected chi connectivity index (χ3v) is 6.90. The standard InChI is InChI=1S/C26H34O6/c1-3-5-19-20-7-4-6-18(20)16(12-15-8-10-17(31-2)11-9-15)13-21(19)26-25(30)24(29)23(28)22(14-27)32-26/h8-11,13,22-30H,3-7,12,14H2,1-2H3/t22-,23-,24+,25-,26+/m1/s1. The van der Waals surface area contributed by atoms with E-state index < -0.39 is 37.1 Å². The third-order valence-electron chi connectivity index (χ3n) is 6.90. The van der Waals surface area contributed by atoms with Crippen LogP contribution in [0.1, 0.15) is 59.3 Å². The van der Waals surface area contributed by atoms with Crippen molar-refractivity contribution in [2.24, 2.45) is 0 Å². The Kier molecular flexibility index (Phi) is 7.17. The van der Waals surface area contributed by atoms with E-state index in [9.17, 15) is 20.4 Å². The van der Waals surface area contributed by atoms with Crippen molar-refractivity contribution in [3.63, 3.8) is 0 Å². The number of fused-ring (bicyclic) bond motifs is 1. The molecule has 0 saturated carbocycles. The van der Waals surface area contributed by atoms with Crippen molar-refractivity contribution in [3.05, 3.63) is 63.7 Å². The van der Waals surface area contributed by atoms with Crippen LogP contribution < -0.4 is 4.74 Å². The average Bonchev–Trinajstić information content (AvgIpc) is 3.30. The molecule has 32 heavy (non-hydrogen) atoms. The first kappa shape index (κ1) is 23.2. The molecule has 1 heterocycles. The molecule has 2 aliphatic rings. The molecule has 1 saturated heterocycles. The SMILES string of the molecule is CCCc1c([C@@H]2O[C@H](CO)[C@@H](O)[C@H](O)[C@H]2O)cc(Cc2ccc(OC)cc2)c2c1CCC2. The number of methoxy groups -OCH3 is 1. The number of ether oxygens (including phenoxy) is 2. The molecule has 4 rings (SSSR count). The van der Waals surface area contributed by atoms with Gasteiger partial charge in [-0.25, -0.2) is 0 Å². The molecule has 0 radical (unpaired) electrons. The van der Waals surface area contributed by atoms with Gasteiger partial charge in [0.2, 0.25) is 0 Å². The summed E-state index contributed by atoms with van der Waals surface area (Å²) in [7, 11) is 1.65. The van der Waals surface area contributed by atoms with Gasteiger partial charge in [0.1, 0.15) is 36.3 Å². The van der Waals surface area contributed by atoms with Gasteiger partial charge in [0.15, 0.2) is 0 Å². The van der Waals surface area contributed by atoms with Crippen LogP contribution in [0.15, 0.2) is 30.3 Å². The van der Waals surface area contributed by atoms with Crippen LogP contribution in [-0.2, 0) is 30.4 Å². The van der Waals surface area contributed by atoms with Crippen molar-refractivity contribution >= 4 is 0 Å². The quantitative estimate of drug-likeness (QED) is 0.525. The highest BCUT2D eigenvalue weighted by Gasteiger charge is 2.45. The van der Waals surface area contributed by atoms with Crippen LogP contribution >= 0.6 is 0 Å². The fourth-order valence-corrected chi connectivity index (χ4v) is 5.25. The molecule has 1 aliphatic carbocycles. The first-order valence-corrected chi connectivity index (χ1v) is 11.6. The maximum Gasteiger partial charge on any atom is 0.118 e. The average molecular weight is 443 g/mol. The van der Waals surface area contributed by atoms with E-state index in [-0.39, 0.29) is 0 Å². The summed E-state index contributed by atoms with van der Waals surface area (Å²) in [4.78, 5) is 0. The summed E-state index contributed by atoms with van der Waals surface area (Å²) in [6, 6.07) is 10.2. The van der Waals surface area contributed by atoms with Crippen LogP contribution in [0.25, 0.3) is 0 Å². The lowest BCUT2D eigenvalue weighted by Crippen LogP contribution is -2.55. The molecule has 174 valence electrons. The Morgan fingerprint density at radius 1 is 1.00 bits per heavy atom. The van der Waals surface area contributed by atoms with Crippen LogP contribution in [0.3, 0.4) is 0 Å². The Hall–Kier alpha value is -1.96. The van der Waals surface area contributed by atoms with Crippen molar-refractivity contribution in [1.29, 1.82) is 0 Å². The first-order valence-electron chi connectivity index (χ1n) is 11.6. The lowest BCUT2D eigenvalue weighted by molar-refractivity contribution is -0.231. The molecule has 1 aliphatic heterocycles. The lowest BCUT2D eigenvalue weighted by Gasteiger charge is -2.41. The van der Waals surface area contributed by atoms with E-state index in [1.54, 1.807) is 7.11 Å². The second-order valence-corrected chi connectivity index (χ2v) is 8.94. The number of hydrogen-bond acceptors (Lipinski definition) is 6. The molecule has 0 unspecified atom stereocenters. The molecule has 0 amide bonds. The van der Waals surface area contributed by atoms with Crippen molar-refractivity contribution in [2.75, 3.05) is 13.7 Å². The second-order valence-electron chi connectivity index (χ2n) is 8.94. The predicted molar refractivity (Wildman–Crippen MR) is 121 cm³/mol. The molecule has 1 fully saturated rings. The zero-order chi connectivity index (χ0) is 22.8. The Balaban J connectivity index is 1.77. The van der Waals surface area contributed by atoms with Gasteiger partial charge in [0.05, 0.1) is 13.7 Å². The fraction of sp³-hybridized carbons (Fsp3) is 0.538. The molecule has 5 atom stereocenters. The van der Waals surface area contributed by atoms with Crippen LogP contribution in [0.4, 0.5) is 0 Å². The van der Waals surface area contributed by atoms with Gasteiger partial charge in [-0.1, -0.05) is 31.5 Å². The van der Waals surface area contributed by atoms with E-state index in [2.05, 4.69) is 25.1 Å². The van der Waals surface area contributed by atoms with Crippen LogP contribution in [0.2, 0.25) is 0 Å². The molecule has 6 heteroatoms. The zero-order valence-corrected chi connectivity index (χ0v) is 18.8. The molecular weight excluding hydrogens is 408 g/mol. The summed E-state index contributed by atoms with van der Waals surface area (Å²) in [5, 5.41) is 41.1. The molecule has 0 aromatic heterocycles. The Bertz CT molecular complexity index is 923. The minimum atomic E-state index is -1.38. The Labute approximate surface area is 189 Å². The largest absolute Gasteiger partial charge is 0.497 e. The first-order chi connectivity index (χ1) is 15.5. The Morgan fingerprint density at radius 2 is 1.72 bits per heavy atom. The van der Waals surface area contributed by atoms with Crippen LogP contribution in [-0.4, -0.2) is 58.6 Å². The number of aliphatic hydroxyl groups excluding tert-OH is 4. The molecule has 0 bridgehead atoms. The number of aliphatic hydroxyl groups is 4. The molecule has 2 aromatic rings. The van der Waals surface area contributed by atoms with Gasteiger partial charge in [-0.2, -0.15) is 0 Å². The monoisotopic (exact) mass is 442 g/mol. The van der Waals surface area contributed by atoms with Crippen molar-refractivity contribution < 1.29 is 29.9 Å². The van der Waals surface area contributed by atoms with E-state index in [1.165, 1.54) is 27.8 Å². The summed E-state index contributed by atoms with van der Waals surface area (Å²) < 4.78 is 11.2. The second kappa shape index (κ2) is 9.89. The van der Waals surface area contributed by atoms with E-state index in [0.29, 0.717) is 0 Å². The van der Waals surface area contributed by atoms with Crippen molar-refractivity contribution in [3.8, 4) is 5.75 Å². The van der Waals surface area contributed by atoms with Gasteiger partial charge < -0.3 is 29.9 Å². The molecule has 6 nitrogen and oxygen atoms in total. The minimum Gasteiger partial charge on any atom is -0.497 e. The highest BCUT2D eigenvalue weighted by molar-refractivity contribution is 5.51. The minimum absolute atomic E-state index is 0.422. The van der Waals surface area contributed by atoms with Crippen LogP contribution in [0, 0.1) is 0 Å². The van der Waals surface area contributed by atoms with Gasteiger partial charge >= 0.3 is 0 Å². The summed E-state index contributed by atoms with van der Waals surface area (Å²) in [6.07, 6.45) is -0.0197.